The average molecular weight is 398 g/mol. The summed E-state index contributed by atoms with van der Waals surface area (Å²) in [6.45, 7) is 0.578. The van der Waals surface area contributed by atoms with Crippen molar-refractivity contribution in [2.45, 2.75) is 24.3 Å². The lowest BCUT2D eigenvalue weighted by molar-refractivity contribution is -0.130. The molecule has 7 heteroatoms. The Labute approximate surface area is 168 Å². The second-order valence-electron chi connectivity index (χ2n) is 6.34. The van der Waals surface area contributed by atoms with Crippen LogP contribution in [-0.4, -0.2) is 41.4 Å². The first-order valence-corrected chi connectivity index (χ1v) is 10.2. The summed E-state index contributed by atoms with van der Waals surface area (Å²) < 4.78 is 10.4. The van der Waals surface area contributed by atoms with Crippen LogP contribution in [-0.2, 0) is 17.8 Å². The van der Waals surface area contributed by atoms with E-state index in [-0.39, 0.29) is 5.91 Å². The van der Waals surface area contributed by atoms with Crippen LogP contribution in [0, 0.1) is 0 Å². The number of rotatable bonds is 8. The van der Waals surface area contributed by atoms with Gasteiger partial charge in [0, 0.05) is 36.9 Å². The van der Waals surface area contributed by atoms with Crippen molar-refractivity contribution in [1.82, 2.24) is 15.0 Å². The van der Waals surface area contributed by atoms with Crippen LogP contribution < -0.4 is 4.74 Å². The van der Waals surface area contributed by atoms with Gasteiger partial charge in [-0.15, -0.1) is 11.8 Å². The van der Waals surface area contributed by atoms with Gasteiger partial charge in [0.25, 0.3) is 0 Å². The summed E-state index contributed by atoms with van der Waals surface area (Å²) in [6, 6.07) is 15.7. The Morgan fingerprint density at radius 3 is 2.50 bits per heavy atom. The number of aryl methyl sites for hydroxylation is 1. The summed E-state index contributed by atoms with van der Waals surface area (Å²) in [5.41, 5.74) is 1.95. The molecule has 1 heterocycles. The van der Waals surface area contributed by atoms with Gasteiger partial charge in [0.2, 0.25) is 17.6 Å². The van der Waals surface area contributed by atoms with E-state index in [0.717, 1.165) is 16.9 Å². The minimum absolute atomic E-state index is 0.0399. The third kappa shape index (κ3) is 5.13. The molecular formula is C21H23N3O3S. The van der Waals surface area contributed by atoms with Gasteiger partial charge >= 0.3 is 0 Å². The third-order valence-corrected chi connectivity index (χ3v) is 5.12. The van der Waals surface area contributed by atoms with Gasteiger partial charge < -0.3 is 14.2 Å². The molecule has 3 rings (SSSR count). The topological polar surface area (TPSA) is 68.5 Å². The number of carbonyl (C=O) groups is 1. The zero-order valence-electron chi connectivity index (χ0n) is 16.2. The Morgan fingerprint density at radius 2 is 1.86 bits per heavy atom. The number of ether oxygens (including phenoxy) is 1. The Bertz CT molecular complexity index is 907. The molecule has 0 aliphatic carbocycles. The molecule has 0 bridgehead atoms. The molecule has 28 heavy (non-hydrogen) atoms. The van der Waals surface area contributed by atoms with E-state index >= 15 is 0 Å². The van der Waals surface area contributed by atoms with Crippen molar-refractivity contribution in [3.05, 3.63) is 60.0 Å². The fourth-order valence-electron chi connectivity index (χ4n) is 2.71. The summed E-state index contributed by atoms with van der Waals surface area (Å²) in [4.78, 5) is 19.7. The minimum atomic E-state index is 0.0399. The van der Waals surface area contributed by atoms with E-state index in [1.807, 2.05) is 30.5 Å². The van der Waals surface area contributed by atoms with Gasteiger partial charge in [-0.25, -0.2) is 0 Å². The number of nitrogens with zero attached hydrogens (tertiary/aromatic N) is 3. The average Bonchev–Trinajstić information content (AvgIpc) is 3.21. The highest BCUT2D eigenvalue weighted by atomic mass is 32.2. The highest BCUT2D eigenvalue weighted by molar-refractivity contribution is 7.98. The number of benzene rings is 2. The SMILES string of the molecule is COc1ccc(-c2noc(CCC(=O)N(C)Cc3ccc(SC)cc3)n2)cc1. The maximum Gasteiger partial charge on any atom is 0.227 e. The molecule has 0 radical (unpaired) electrons. The summed E-state index contributed by atoms with van der Waals surface area (Å²) in [7, 11) is 3.43. The Morgan fingerprint density at radius 1 is 1.14 bits per heavy atom. The first-order valence-electron chi connectivity index (χ1n) is 8.93. The summed E-state index contributed by atoms with van der Waals surface area (Å²) >= 11 is 1.70. The normalized spacial score (nSPS) is 10.7. The number of carbonyl (C=O) groups excluding carboxylic acids is 1. The fourth-order valence-corrected chi connectivity index (χ4v) is 3.12. The fraction of sp³-hybridized carbons (Fsp3) is 0.286. The molecule has 0 N–H and O–H groups in total. The van der Waals surface area contributed by atoms with E-state index in [1.54, 1.807) is 30.8 Å². The predicted octanol–water partition coefficient (Wildman–Crippen LogP) is 4.06. The Hall–Kier alpha value is -2.80. The molecule has 0 saturated carbocycles. The molecule has 2 aromatic carbocycles. The Kier molecular flexibility index (Phi) is 6.71. The highest BCUT2D eigenvalue weighted by Crippen LogP contribution is 2.20. The first-order chi connectivity index (χ1) is 13.6. The van der Waals surface area contributed by atoms with Crippen molar-refractivity contribution in [3.63, 3.8) is 0 Å². The van der Waals surface area contributed by atoms with E-state index in [2.05, 4.69) is 34.4 Å². The van der Waals surface area contributed by atoms with Crippen LogP contribution in [0.1, 0.15) is 17.9 Å². The molecule has 0 aliphatic heterocycles. The second-order valence-corrected chi connectivity index (χ2v) is 7.22. The number of methoxy groups -OCH3 is 1. The van der Waals surface area contributed by atoms with Gasteiger partial charge in [-0.2, -0.15) is 4.98 Å². The van der Waals surface area contributed by atoms with Gasteiger partial charge in [-0.3, -0.25) is 4.79 Å². The lowest BCUT2D eigenvalue weighted by atomic mass is 10.2. The smallest absolute Gasteiger partial charge is 0.227 e. The molecule has 0 fully saturated rings. The van der Waals surface area contributed by atoms with E-state index in [9.17, 15) is 4.79 Å². The lowest BCUT2D eigenvalue weighted by Crippen LogP contribution is -2.26. The van der Waals surface area contributed by atoms with Crippen molar-refractivity contribution < 1.29 is 14.1 Å². The van der Waals surface area contributed by atoms with Crippen LogP contribution in [0.3, 0.4) is 0 Å². The minimum Gasteiger partial charge on any atom is -0.497 e. The van der Waals surface area contributed by atoms with Crippen molar-refractivity contribution in [2.75, 3.05) is 20.4 Å². The zero-order chi connectivity index (χ0) is 19.9. The van der Waals surface area contributed by atoms with Crippen molar-refractivity contribution in [2.24, 2.45) is 0 Å². The summed E-state index contributed by atoms with van der Waals surface area (Å²) in [5, 5.41) is 3.99. The molecule has 0 unspecified atom stereocenters. The van der Waals surface area contributed by atoms with E-state index < -0.39 is 0 Å². The predicted molar refractivity (Wildman–Crippen MR) is 109 cm³/mol. The van der Waals surface area contributed by atoms with Crippen LogP contribution in [0.15, 0.2) is 57.9 Å². The molecule has 3 aromatic rings. The van der Waals surface area contributed by atoms with Gasteiger partial charge in [-0.05, 0) is 48.2 Å². The standard InChI is InChI=1S/C21H23N3O3S/c1-24(14-15-4-10-18(28-3)11-5-15)20(25)13-12-19-22-21(23-27-19)16-6-8-17(26-2)9-7-16/h4-11H,12-14H2,1-3H3. The quantitative estimate of drug-likeness (QED) is 0.534. The number of aromatic nitrogens is 2. The van der Waals surface area contributed by atoms with E-state index in [4.69, 9.17) is 9.26 Å². The molecule has 1 aromatic heterocycles. The molecular weight excluding hydrogens is 374 g/mol. The van der Waals surface area contributed by atoms with Crippen molar-refractivity contribution in [1.29, 1.82) is 0 Å². The number of amides is 1. The third-order valence-electron chi connectivity index (χ3n) is 4.37. The van der Waals surface area contributed by atoms with E-state index in [1.165, 1.54) is 4.90 Å². The molecule has 0 aliphatic rings. The van der Waals surface area contributed by atoms with Gasteiger partial charge in [0.05, 0.1) is 7.11 Å². The molecule has 0 saturated heterocycles. The maximum absolute atomic E-state index is 12.4. The number of hydrogen-bond acceptors (Lipinski definition) is 6. The van der Waals surface area contributed by atoms with Crippen LogP contribution in [0.4, 0.5) is 0 Å². The molecule has 0 atom stereocenters. The van der Waals surface area contributed by atoms with Gasteiger partial charge in [-0.1, -0.05) is 17.3 Å². The lowest BCUT2D eigenvalue weighted by Gasteiger charge is -2.17. The van der Waals surface area contributed by atoms with Crippen molar-refractivity contribution >= 4 is 17.7 Å². The molecule has 1 amide bonds. The van der Waals surface area contributed by atoms with Crippen LogP contribution >= 0.6 is 11.8 Å². The van der Waals surface area contributed by atoms with Crippen LogP contribution in [0.5, 0.6) is 5.75 Å². The Balaban J connectivity index is 1.52. The summed E-state index contributed by atoms with van der Waals surface area (Å²) in [6.07, 6.45) is 2.78. The van der Waals surface area contributed by atoms with Crippen molar-refractivity contribution in [3.8, 4) is 17.1 Å². The molecule has 0 spiro atoms. The molecule has 6 nitrogen and oxygen atoms in total. The highest BCUT2D eigenvalue weighted by Gasteiger charge is 2.14. The molecule has 146 valence electrons. The first kappa shape index (κ1) is 19.9. The number of hydrogen-bond donors (Lipinski definition) is 0. The largest absolute Gasteiger partial charge is 0.497 e. The maximum atomic E-state index is 12.4. The number of thioether (sulfide) groups is 1. The van der Waals surface area contributed by atoms with Crippen LogP contribution in [0.2, 0.25) is 0 Å². The summed E-state index contributed by atoms with van der Waals surface area (Å²) in [5.74, 6) is 1.77. The van der Waals surface area contributed by atoms with Gasteiger partial charge in [0.1, 0.15) is 5.75 Å². The van der Waals surface area contributed by atoms with E-state index in [0.29, 0.717) is 31.1 Å². The second kappa shape index (κ2) is 9.41. The van der Waals surface area contributed by atoms with Crippen LogP contribution in [0.25, 0.3) is 11.4 Å². The monoisotopic (exact) mass is 397 g/mol. The zero-order valence-corrected chi connectivity index (χ0v) is 17.0. The van der Waals surface area contributed by atoms with Gasteiger partial charge in [0.15, 0.2) is 0 Å².